The van der Waals surface area contributed by atoms with Gasteiger partial charge < -0.3 is 4.98 Å². The van der Waals surface area contributed by atoms with Crippen LogP contribution in [0.3, 0.4) is 0 Å². The lowest BCUT2D eigenvalue weighted by molar-refractivity contribution is -0.137. The van der Waals surface area contributed by atoms with Gasteiger partial charge in [-0.05, 0) is 31.2 Å². The molecular weight excluding hydrogens is 269 g/mol. The standard InChI is InChI=1S/C14H9F3N2O/c1-2-8(7-18)13(20)12-6-9-5-10(14(15,16)17)3-4-11(9)19-12/h2-6,19H,1H3/b8-2+. The van der Waals surface area contributed by atoms with Crippen molar-refractivity contribution in [2.24, 2.45) is 0 Å². The number of hydrogen-bond acceptors (Lipinski definition) is 2. The van der Waals surface area contributed by atoms with Gasteiger partial charge in [-0.3, -0.25) is 4.79 Å². The highest BCUT2D eigenvalue weighted by atomic mass is 19.4. The number of nitrogens with one attached hydrogen (secondary N) is 1. The van der Waals surface area contributed by atoms with E-state index in [2.05, 4.69) is 4.98 Å². The number of carbonyl (C=O) groups excluding carboxylic acids is 1. The van der Waals surface area contributed by atoms with Crippen molar-refractivity contribution in [2.45, 2.75) is 13.1 Å². The van der Waals surface area contributed by atoms with Crippen LogP contribution in [0.15, 0.2) is 35.9 Å². The molecule has 1 N–H and O–H groups in total. The number of ketones is 1. The molecule has 0 aliphatic carbocycles. The minimum absolute atomic E-state index is 0.0624. The van der Waals surface area contributed by atoms with Crippen LogP contribution < -0.4 is 0 Å². The molecule has 2 aromatic rings. The highest BCUT2D eigenvalue weighted by Crippen LogP contribution is 2.31. The third-order valence-electron chi connectivity index (χ3n) is 2.85. The number of hydrogen-bond donors (Lipinski definition) is 1. The molecule has 1 aromatic heterocycles. The van der Waals surface area contributed by atoms with Crippen LogP contribution in [0.2, 0.25) is 0 Å². The molecule has 0 bridgehead atoms. The van der Waals surface area contributed by atoms with Crippen molar-refractivity contribution in [1.82, 2.24) is 4.98 Å². The van der Waals surface area contributed by atoms with E-state index in [1.807, 2.05) is 0 Å². The number of Topliss-reactive ketones (excluding diaryl/α,β-unsaturated/α-hetero) is 1. The van der Waals surface area contributed by atoms with Crippen molar-refractivity contribution in [2.75, 3.05) is 0 Å². The Bertz CT molecular complexity index is 748. The van der Waals surface area contributed by atoms with Gasteiger partial charge in [0.25, 0.3) is 0 Å². The van der Waals surface area contributed by atoms with E-state index in [1.165, 1.54) is 18.2 Å². The number of alkyl halides is 3. The van der Waals surface area contributed by atoms with Gasteiger partial charge in [-0.1, -0.05) is 6.08 Å². The zero-order valence-electron chi connectivity index (χ0n) is 10.4. The average Bonchev–Trinajstić information content (AvgIpc) is 2.81. The second kappa shape index (κ2) is 4.85. The summed E-state index contributed by atoms with van der Waals surface area (Å²) < 4.78 is 37.8. The molecule has 0 saturated heterocycles. The first-order valence-electron chi connectivity index (χ1n) is 5.68. The Balaban J connectivity index is 2.50. The first-order valence-corrected chi connectivity index (χ1v) is 5.68. The molecule has 0 unspecified atom stereocenters. The fourth-order valence-corrected chi connectivity index (χ4v) is 1.82. The van der Waals surface area contributed by atoms with Gasteiger partial charge in [0.15, 0.2) is 0 Å². The average molecular weight is 278 g/mol. The number of halogens is 3. The van der Waals surface area contributed by atoms with Crippen LogP contribution in [-0.4, -0.2) is 10.8 Å². The van der Waals surface area contributed by atoms with Crippen molar-refractivity contribution in [3.05, 3.63) is 47.2 Å². The number of H-pyrrole nitrogens is 1. The molecule has 102 valence electrons. The molecule has 0 radical (unpaired) electrons. The summed E-state index contributed by atoms with van der Waals surface area (Å²) in [6.45, 7) is 1.54. The monoisotopic (exact) mass is 278 g/mol. The van der Waals surface area contributed by atoms with Crippen LogP contribution in [0.4, 0.5) is 13.2 Å². The molecule has 20 heavy (non-hydrogen) atoms. The minimum atomic E-state index is -4.43. The topological polar surface area (TPSA) is 56.6 Å². The molecule has 0 aliphatic heterocycles. The summed E-state index contributed by atoms with van der Waals surface area (Å²) >= 11 is 0. The number of carbonyl (C=O) groups is 1. The Morgan fingerprint density at radius 1 is 1.35 bits per heavy atom. The van der Waals surface area contributed by atoms with E-state index >= 15 is 0 Å². The van der Waals surface area contributed by atoms with E-state index in [0.717, 1.165) is 12.1 Å². The highest BCUT2D eigenvalue weighted by molar-refractivity contribution is 6.12. The van der Waals surface area contributed by atoms with Gasteiger partial charge in [0, 0.05) is 10.9 Å². The summed E-state index contributed by atoms with van der Waals surface area (Å²) in [5.74, 6) is -0.542. The zero-order chi connectivity index (χ0) is 14.9. The second-order valence-electron chi connectivity index (χ2n) is 4.13. The molecule has 0 spiro atoms. The molecule has 0 fully saturated rings. The molecule has 3 nitrogen and oxygen atoms in total. The van der Waals surface area contributed by atoms with Crippen molar-refractivity contribution in [3.63, 3.8) is 0 Å². The van der Waals surface area contributed by atoms with Gasteiger partial charge in [0.2, 0.25) is 5.78 Å². The van der Waals surface area contributed by atoms with Crippen molar-refractivity contribution in [1.29, 1.82) is 5.26 Å². The Morgan fingerprint density at radius 2 is 2.05 bits per heavy atom. The van der Waals surface area contributed by atoms with E-state index in [4.69, 9.17) is 5.26 Å². The fraction of sp³-hybridized carbons (Fsp3) is 0.143. The van der Waals surface area contributed by atoms with Gasteiger partial charge in [0.05, 0.1) is 16.8 Å². The molecule has 1 heterocycles. The number of allylic oxidation sites excluding steroid dienone is 2. The maximum absolute atomic E-state index is 12.6. The van der Waals surface area contributed by atoms with Gasteiger partial charge >= 0.3 is 6.18 Å². The quantitative estimate of drug-likeness (QED) is 0.515. The van der Waals surface area contributed by atoms with E-state index < -0.39 is 17.5 Å². The van der Waals surface area contributed by atoms with Gasteiger partial charge in [-0.15, -0.1) is 0 Å². The van der Waals surface area contributed by atoms with E-state index in [9.17, 15) is 18.0 Å². The number of aromatic amines is 1. The predicted molar refractivity (Wildman–Crippen MR) is 67.0 cm³/mol. The van der Waals surface area contributed by atoms with Crippen molar-refractivity contribution >= 4 is 16.7 Å². The Morgan fingerprint density at radius 3 is 2.60 bits per heavy atom. The summed E-state index contributed by atoms with van der Waals surface area (Å²) in [6.07, 6.45) is -3.08. The summed E-state index contributed by atoms with van der Waals surface area (Å²) in [5, 5.41) is 9.06. The van der Waals surface area contributed by atoms with Crippen molar-refractivity contribution < 1.29 is 18.0 Å². The van der Waals surface area contributed by atoms with Gasteiger partial charge in [-0.25, -0.2) is 0 Å². The number of benzene rings is 1. The molecule has 2 rings (SSSR count). The third-order valence-corrected chi connectivity index (χ3v) is 2.85. The van der Waals surface area contributed by atoms with Crippen LogP contribution in [0, 0.1) is 11.3 Å². The predicted octanol–water partition coefficient (Wildman–Crippen LogP) is 3.84. The highest BCUT2D eigenvalue weighted by Gasteiger charge is 2.30. The Hall–Kier alpha value is -2.55. The Labute approximate surface area is 112 Å². The number of nitrogens with zero attached hydrogens (tertiary/aromatic N) is 1. The van der Waals surface area contributed by atoms with E-state index in [1.54, 1.807) is 13.0 Å². The SMILES string of the molecule is C/C=C(\C#N)C(=O)c1cc2cc(C(F)(F)F)ccc2[nH]1. The number of fused-ring (bicyclic) bond motifs is 1. The van der Waals surface area contributed by atoms with Gasteiger partial charge in [-0.2, -0.15) is 18.4 Å². The number of aromatic nitrogens is 1. The largest absolute Gasteiger partial charge is 0.416 e. The third kappa shape index (κ3) is 2.43. The minimum Gasteiger partial charge on any atom is -0.352 e. The van der Waals surface area contributed by atoms with Crippen LogP contribution >= 0.6 is 0 Å². The smallest absolute Gasteiger partial charge is 0.352 e. The summed E-state index contributed by atoms with van der Waals surface area (Å²) in [6, 6.07) is 6.22. The first kappa shape index (κ1) is 13.9. The molecule has 0 amide bonds. The summed E-state index contributed by atoms with van der Waals surface area (Å²) in [7, 11) is 0. The molecular formula is C14H9F3N2O. The number of rotatable bonds is 2. The maximum Gasteiger partial charge on any atom is 0.416 e. The lowest BCUT2D eigenvalue weighted by Gasteiger charge is -2.05. The van der Waals surface area contributed by atoms with Crippen LogP contribution in [0.25, 0.3) is 10.9 Å². The van der Waals surface area contributed by atoms with Crippen LogP contribution in [0.1, 0.15) is 23.0 Å². The van der Waals surface area contributed by atoms with E-state index in [-0.39, 0.29) is 16.7 Å². The van der Waals surface area contributed by atoms with E-state index in [0.29, 0.717) is 5.52 Å². The van der Waals surface area contributed by atoms with Gasteiger partial charge in [0.1, 0.15) is 6.07 Å². The summed E-state index contributed by atoms with van der Waals surface area (Å²) in [4.78, 5) is 14.6. The number of nitriles is 1. The Kier molecular flexibility index (Phi) is 3.36. The van der Waals surface area contributed by atoms with Crippen molar-refractivity contribution in [3.8, 4) is 6.07 Å². The van der Waals surface area contributed by atoms with Crippen LogP contribution in [-0.2, 0) is 6.18 Å². The van der Waals surface area contributed by atoms with Crippen LogP contribution in [0.5, 0.6) is 0 Å². The lowest BCUT2D eigenvalue weighted by Crippen LogP contribution is -2.03. The first-order chi connectivity index (χ1) is 9.36. The fourth-order valence-electron chi connectivity index (χ4n) is 1.82. The second-order valence-corrected chi connectivity index (χ2v) is 4.13. The molecule has 6 heteroatoms. The molecule has 0 aliphatic rings. The summed E-state index contributed by atoms with van der Waals surface area (Å²) in [5.41, 5.74) is -0.342. The zero-order valence-corrected chi connectivity index (χ0v) is 10.4. The maximum atomic E-state index is 12.6. The lowest BCUT2D eigenvalue weighted by atomic mass is 10.1. The molecule has 1 aromatic carbocycles. The molecule has 0 atom stereocenters. The molecule has 0 saturated carbocycles. The normalized spacial score (nSPS) is 12.4.